The SMILES string of the molecule is CCOc1ccc(S(=O)(=O)Cc2nnc(C3CCC3)o2)cc1. The maximum atomic E-state index is 12.4. The largest absolute Gasteiger partial charge is 0.494 e. The highest BCUT2D eigenvalue weighted by atomic mass is 32.2. The van der Waals surface area contributed by atoms with Crippen LogP contribution in [0, 0.1) is 0 Å². The van der Waals surface area contributed by atoms with E-state index in [1.807, 2.05) is 6.92 Å². The second-order valence-electron chi connectivity index (χ2n) is 5.33. The third-order valence-electron chi connectivity index (χ3n) is 3.74. The molecule has 0 spiro atoms. The van der Waals surface area contributed by atoms with Gasteiger partial charge in [-0.3, -0.25) is 0 Å². The molecule has 1 aromatic carbocycles. The van der Waals surface area contributed by atoms with Crippen molar-refractivity contribution in [2.24, 2.45) is 0 Å². The summed E-state index contributed by atoms with van der Waals surface area (Å²) in [7, 11) is -3.50. The van der Waals surface area contributed by atoms with Crippen LogP contribution in [0.2, 0.25) is 0 Å². The van der Waals surface area contributed by atoms with Crippen LogP contribution in [0.5, 0.6) is 5.75 Å². The van der Waals surface area contributed by atoms with E-state index in [1.54, 1.807) is 12.1 Å². The molecule has 0 atom stereocenters. The Morgan fingerprint density at radius 3 is 2.55 bits per heavy atom. The van der Waals surface area contributed by atoms with E-state index in [1.165, 1.54) is 12.1 Å². The Bertz CT molecular complexity index is 733. The summed E-state index contributed by atoms with van der Waals surface area (Å²) >= 11 is 0. The standard InChI is InChI=1S/C15H18N2O4S/c1-2-20-12-6-8-13(9-7-12)22(18,19)10-14-16-17-15(21-14)11-4-3-5-11/h6-9,11H,2-5,10H2,1H3. The average Bonchev–Trinajstić information content (AvgIpc) is 2.85. The van der Waals surface area contributed by atoms with Gasteiger partial charge < -0.3 is 9.15 Å². The zero-order valence-corrected chi connectivity index (χ0v) is 13.2. The minimum absolute atomic E-state index is 0.149. The van der Waals surface area contributed by atoms with Gasteiger partial charge in [0.1, 0.15) is 11.5 Å². The van der Waals surface area contributed by atoms with Gasteiger partial charge in [0.2, 0.25) is 11.8 Å². The first kappa shape index (κ1) is 15.0. The van der Waals surface area contributed by atoms with Gasteiger partial charge in [0.05, 0.1) is 11.5 Å². The minimum atomic E-state index is -3.50. The van der Waals surface area contributed by atoms with Crippen molar-refractivity contribution in [1.82, 2.24) is 10.2 Å². The molecule has 0 saturated heterocycles. The summed E-state index contributed by atoms with van der Waals surface area (Å²) in [6.45, 7) is 2.41. The first-order chi connectivity index (χ1) is 10.6. The molecule has 118 valence electrons. The summed E-state index contributed by atoms with van der Waals surface area (Å²) in [5.74, 6) is 1.38. The normalized spacial score (nSPS) is 15.5. The number of benzene rings is 1. The van der Waals surface area contributed by atoms with Gasteiger partial charge in [-0.05, 0) is 44.0 Å². The molecular weight excluding hydrogens is 304 g/mol. The molecule has 1 heterocycles. The Labute approximate surface area is 129 Å². The van der Waals surface area contributed by atoms with E-state index in [0.29, 0.717) is 24.2 Å². The quantitative estimate of drug-likeness (QED) is 0.813. The monoisotopic (exact) mass is 322 g/mol. The maximum Gasteiger partial charge on any atom is 0.231 e. The van der Waals surface area contributed by atoms with Crippen LogP contribution in [0.3, 0.4) is 0 Å². The number of rotatable bonds is 6. The lowest BCUT2D eigenvalue weighted by Crippen LogP contribution is -2.08. The molecule has 1 aliphatic carbocycles. The highest BCUT2D eigenvalue weighted by molar-refractivity contribution is 7.90. The number of sulfone groups is 1. The topological polar surface area (TPSA) is 82.3 Å². The smallest absolute Gasteiger partial charge is 0.231 e. The average molecular weight is 322 g/mol. The van der Waals surface area contributed by atoms with Crippen molar-refractivity contribution in [1.29, 1.82) is 0 Å². The first-order valence-electron chi connectivity index (χ1n) is 7.36. The number of ether oxygens (including phenoxy) is 1. The molecule has 0 bridgehead atoms. The van der Waals surface area contributed by atoms with Gasteiger partial charge in [-0.15, -0.1) is 10.2 Å². The van der Waals surface area contributed by atoms with Gasteiger partial charge in [-0.2, -0.15) is 0 Å². The van der Waals surface area contributed by atoms with Crippen molar-refractivity contribution in [2.45, 2.75) is 42.8 Å². The molecule has 0 aliphatic heterocycles. The lowest BCUT2D eigenvalue weighted by atomic mass is 9.85. The van der Waals surface area contributed by atoms with Crippen molar-refractivity contribution in [3.63, 3.8) is 0 Å². The Morgan fingerprint density at radius 1 is 1.23 bits per heavy atom. The summed E-state index contributed by atoms with van der Waals surface area (Å²) in [6.07, 6.45) is 3.23. The van der Waals surface area contributed by atoms with Gasteiger partial charge in [0.15, 0.2) is 9.84 Å². The zero-order chi connectivity index (χ0) is 15.6. The molecule has 6 nitrogen and oxygen atoms in total. The number of hydrogen-bond donors (Lipinski definition) is 0. The minimum Gasteiger partial charge on any atom is -0.494 e. The van der Waals surface area contributed by atoms with Crippen LogP contribution in [0.15, 0.2) is 33.6 Å². The van der Waals surface area contributed by atoms with Crippen LogP contribution in [-0.2, 0) is 15.6 Å². The van der Waals surface area contributed by atoms with Crippen LogP contribution in [0.4, 0.5) is 0 Å². The van der Waals surface area contributed by atoms with Crippen molar-refractivity contribution in [3.8, 4) is 5.75 Å². The Morgan fingerprint density at radius 2 is 1.95 bits per heavy atom. The Kier molecular flexibility index (Phi) is 4.15. The lowest BCUT2D eigenvalue weighted by molar-refractivity contribution is 0.327. The summed E-state index contributed by atoms with van der Waals surface area (Å²) in [5.41, 5.74) is 0. The maximum absolute atomic E-state index is 12.4. The second-order valence-corrected chi connectivity index (χ2v) is 7.31. The van der Waals surface area contributed by atoms with E-state index >= 15 is 0 Å². The zero-order valence-electron chi connectivity index (χ0n) is 12.4. The molecule has 1 fully saturated rings. The van der Waals surface area contributed by atoms with Crippen LogP contribution < -0.4 is 4.74 Å². The third kappa shape index (κ3) is 3.14. The predicted octanol–water partition coefficient (Wildman–Crippen LogP) is 2.71. The van der Waals surface area contributed by atoms with Crippen LogP contribution >= 0.6 is 0 Å². The first-order valence-corrected chi connectivity index (χ1v) is 9.01. The van der Waals surface area contributed by atoms with Crippen LogP contribution in [0.1, 0.15) is 43.9 Å². The summed E-state index contributed by atoms with van der Waals surface area (Å²) in [4.78, 5) is 0.222. The molecule has 2 aromatic rings. The molecule has 1 aromatic heterocycles. The van der Waals surface area contributed by atoms with Crippen molar-refractivity contribution in [2.75, 3.05) is 6.61 Å². The van der Waals surface area contributed by atoms with Gasteiger partial charge >= 0.3 is 0 Å². The molecule has 3 rings (SSSR count). The van der Waals surface area contributed by atoms with Crippen LogP contribution in [0.25, 0.3) is 0 Å². The fourth-order valence-electron chi connectivity index (χ4n) is 2.30. The van der Waals surface area contributed by atoms with Crippen molar-refractivity contribution in [3.05, 3.63) is 36.0 Å². The molecule has 1 aliphatic rings. The second kappa shape index (κ2) is 6.08. The molecule has 7 heteroatoms. The van der Waals surface area contributed by atoms with E-state index in [4.69, 9.17) is 9.15 Å². The van der Waals surface area contributed by atoms with E-state index in [-0.39, 0.29) is 16.5 Å². The summed E-state index contributed by atoms with van der Waals surface area (Å²) < 4.78 is 35.5. The number of nitrogens with zero attached hydrogens (tertiary/aromatic N) is 2. The molecule has 22 heavy (non-hydrogen) atoms. The molecule has 1 saturated carbocycles. The van der Waals surface area contributed by atoms with Gasteiger partial charge in [0, 0.05) is 5.92 Å². The van der Waals surface area contributed by atoms with Crippen LogP contribution in [-0.4, -0.2) is 25.2 Å². The Balaban J connectivity index is 1.73. The lowest BCUT2D eigenvalue weighted by Gasteiger charge is -2.20. The summed E-state index contributed by atoms with van der Waals surface area (Å²) in [6, 6.07) is 6.35. The van der Waals surface area contributed by atoms with Gasteiger partial charge in [0.25, 0.3) is 0 Å². The fourth-order valence-corrected chi connectivity index (χ4v) is 3.46. The third-order valence-corrected chi connectivity index (χ3v) is 5.36. The molecule has 0 radical (unpaired) electrons. The van der Waals surface area contributed by atoms with E-state index < -0.39 is 9.84 Å². The molecule has 0 unspecified atom stereocenters. The fraction of sp³-hybridized carbons (Fsp3) is 0.467. The van der Waals surface area contributed by atoms with Gasteiger partial charge in [-0.1, -0.05) is 6.42 Å². The van der Waals surface area contributed by atoms with E-state index in [2.05, 4.69) is 10.2 Å². The molecule has 0 amide bonds. The predicted molar refractivity (Wildman–Crippen MR) is 79.4 cm³/mol. The summed E-state index contributed by atoms with van der Waals surface area (Å²) in [5, 5.41) is 7.81. The number of aromatic nitrogens is 2. The van der Waals surface area contributed by atoms with Crippen molar-refractivity contribution < 1.29 is 17.6 Å². The van der Waals surface area contributed by atoms with E-state index in [9.17, 15) is 8.42 Å². The van der Waals surface area contributed by atoms with E-state index in [0.717, 1.165) is 19.3 Å². The highest BCUT2D eigenvalue weighted by Gasteiger charge is 2.26. The molecular formula is C15H18N2O4S. The Hall–Kier alpha value is -1.89. The van der Waals surface area contributed by atoms with Crippen molar-refractivity contribution >= 4 is 9.84 Å². The molecule has 0 N–H and O–H groups in total. The van der Waals surface area contributed by atoms with Gasteiger partial charge in [-0.25, -0.2) is 8.42 Å². The highest BCUT2D eigenvalue weighted by Crippen LogP contribution is 2.35. The number of hydrogen-bond acceptors (Lipinski definition) is 6.